The molecule has 1 aromatic heterocycles. The van der Waals surface area contributed by atoms with E-state index in [1.807, 2.05) is 24.3 Å². The van der Waals surface area contributed by atoms with Gasteiger partial charge in [-0.15, -0.1) is 11.3 Å². The number of thiophene rings is 1. The smallest absolute Gasteiger partial charge is 0.263 e. The van der Waals surface area contributed by atoms with Crippen LogP contribution in [0.15, 0.2) is 53.6 Å². The predicted molar refractivity (Wildman–Crippen MR) is 106 cm³/mol. The number of halogens is 2. The van der Waals surface area contributed by atoms with Crippen molar-refractivity contribution in [3.8, 4) is 0 Å². The molecule has 5 nitrogen and oxygen atoms in total. The van der Waals surface area contributed by atoms with Gasteiger partial charge < -0.3 is 5.32 Å². The zero-order chi connectivity index (χ0) is 18.5. The van der Waals surface area contributed by atoms with Crippen LogP contribution in [0.25, 0.3) is 10.1 Å². The van der Waals surface area contributed by atoms with Gasteiger partial charge in [-0.3, -0.25) is 9.59 Å². The zero-order valence-electron chi connectivity index (χ0n) is 13.3. The Kier molecular flexibility index (Phi) is 5.88. The molecule has 0 aliphatic carbocycles. The summed E-state index contributed by atoms with van der Waals surface area (Å²) in [6, 6.07) is 14.5. The summed E-state index contributed by atoms with van der Waals surface area (Å²) in [4.78, 5) is 24.4. The molecule has 0 unspecified atom stereocenters. The molecule has 26 heavy (non-hydrogen) atoms. The van der Waals surface area contributed by atoms with Crippen LogP contribution in [0, 0.1) is 0 Å². The molecule has 2 aromatic carbocycles. The van der Waals surface area contributed by atoms with Gasteiger partial charge in [0.1, 0.15) is 4.88 Å². The van der Waals surface area contributed by atoms with Crippen molar-refractivity contribution in [1.29, 1.82) is 0 Å². The highest BCUT2D eigenvalue weighted by Crippen LogP contribution is 2.34. The fourth-order valence-corrected chi connectivity index (χ4v) is 3.84. The van der Waals surface area contributed by atoms with E-state index in [4.69, 9.17) is 23.2 Å². The van der Waals surface area contributed by atoms with Crippen LogP contribution in [0.2, 0.25) is 10.0 Å². The van der Waals surface area contributed by atoms with E-state index in [0.717, 1.165) is 15.6 Å². The van der Waals surface area contributed by atoms with Gasteiger partial charge in [0.15, 0.2) is 0 Å². The Morgan fingerprint density at radius 1 is 1.12 bits per heavy atom. The molecule has 3 aromatic rings. The summed E-state index contributed by atoms with van der Waals surface area (Å²) in [5, 5.41) is 8.15. The van der Waals surface area contributed by atoms with E-state index in [-0.39, 0.29) is 6.54 Å². The van der Waals surface area contributed by atoms with E-state index in [2.05, 4.69) is 15.8 Å². The summed E-state index contributed by atoms with van der Waals surface area (Å²) in [7, 11) is 0. The van der Waals surface area contributed by atoms with Gasteiger partial charge in [-0.1, -0.05) is 53.5 Å². The third-order valence-corrected chi connectivity index (χ3v) is 5.31. The lowest BCUT2D eigenvalue weighted by molar-refractivity contribution is -0.120. The minimum atomic E-state index is -0.450. The number of carbonyl (C=O) groups is 2. The van der Waals surface area contributed by atoms with Gasteiger partial charge in [0, 0.05) is 15.1 Å². The quantitative estimate of drug-likeness (QED) is 0.495. The van der Waals surface area contributed by atoms with Crippen LogP contribution in [0.3, 0.4) is 0 Å². The second-order valence-electron chi connectivity index (χ2n) is 5.27. The molecule has 0 spiro atoms. The molecular weight excluding hydrogens is 393 g/mol. The number of nitrogens with zero attached hydrogens (tertiary/aromatic N) is 1. The first-order chi connectivity index (χ1) is 12.5. The average Bonchev–Trinajstić information content (AvgIpc) is 2.97. The number of amides is 2. The fourth-order valence-electron chi connectivity index (χ4n) is 2.21. The first kappa shape index (κ1) is 18.4. The third kappa shape index (κ3) is 4.40. The molecule has 0 radical (unpaired) electrons. The van der Waals surface area contributed by atoms with Gasteiger partial charge in [0.25, 0.3) is 11.8 Å². The summed E-state index contributed by atoms with van der Waals surface area (Å²) in [6.07, 6.45) is 1.47. The van der Waals surface area contributed by atoms with Crippen molar-refractivity contribution in [1.82, 2.24) is 10.7 Å². The minimum Gasteiger partial charge on any atom is -0.342 e. The van der Waals surface area contributed by atoms with Crippen molar-refractivity contribution in [2.75, 3.05) is 6.54 Å². The van der Waals surface area contributed by atoms with Crippen molar-refractivity contribution in [2.24, 2.45) is 5.10 Å². The third-order valence-electron chi connectivity index (χ3n) is 3.40. The maximum Gasteiger partial charge on any atom is 0.263 e. The van der Waals surface area contributed by atoms with Crippen molar-refractivity contribution in [3.63, 3.8) is 0 Å². The molecule has 0 aliphatic heterocycles. The highest BCUT2D eigenvalue weighted by molar-refractivity contribution is 7.21. The lowest BCUT2D eigenvalue weighted by Gasteiger charge is -2.03. The summed E-state index contributed by atoms with van der Waals surface area (Å²) in [5.41, 5.74) is 3.09. The molecule has 0 aliphatic rings. The maximum atomic E-state index is 12.3. The van der Waals surface area contributed by atoms with Crippen LogP contribution in [0.1, 0.15) is 15.2 Å². The van der Waals surface area contributed by atoms with Crippen LogP contribution in [-0.2, 0) is 4.79 Å². The van der Waals surface area contributed by atoms with E-state index in [9.17, 15) is 9.59 Å². The Hall–Kier alpha value is -2.41. The number of hydrazone groups is 1. The molecule has 0 saturated heterocycles. The number of nitrogens with one attached hydrogen (secondary N) is 2. The lowest BCUT2D eigenvalue weighted by Crippen LogP contribution is -2.34. The summed E-state index contributed by atoms with van der Waals surface area (Å²) < 4.78 is 0.915. The molecule has 2 amide bonds. The Bertz CT molecular complexity index is 1000. The monoisotopic (exact) mass is 405 g/mol. The summed E-state index contributed by atoms with van der Waals surface area (Å²) >= 11 is 13.4. The van der Waals surface area contributed by atoms with Crippen LogP contribution < -0.4 is 10.7 Å². The average molecular weight is 406 g/mol. The number of hydrogen-bond acceptors (Lipinski definition) is 4. The van der Waals surface area contributed by atoms with Crippen LogP contribution in [0.5, 0.6) is 0 Å². The first-order valence-electron chi connectivity index (χ1n) is 7.57. The molecule has 0 atom stereocenters. The van der Waals surface area contributed by atoms with Crippen molar-refractivity contribution in [2.45, 2.75) is 0 Å². The first-order valence-corrected chi connectivity index (χ1v) is 9.14. The number of rotatable bonds is 5. The molecule has 0 fully saturated rings. The molecule has 0 saturated carbocycles. The SMILES string of the molecule is O=C(CNC(=O)c1sc2ccccc2c1Cl)N/N=C/c1cccc(Cl)c1. The van der Waals surface area contributed by atoms with Gasteiger partial charge in [-0.05, 0) is 23.8 Å². The van der Waals surface area contributed by atoms with Crippen molar-refractivity contribution in [3.05, 3.63) is 69.0 Å². The number of fused-ring (bicyclic) bond motifs is 1. The standard InChI is InChI=1S/C18H13Cl2N3O2S/c19-12-5-3-4-11(8-12)9-22-23-15(24)10-21-18(25)17-16(20)13-6-1-2-7-14(13)26-17/h1-9H,10H2,(H,21,25)(H,23,24)/b22-9+. The predicted octanol–water partition coefficient (Wildman–Crippen LogP) is 4.09. The molecule has 8 heteroatoms. The minimum absolute atomic E-state index is 0.212. The van der Waals surface area contributed by atoms with Crippen LogP contribution >= 0.6 is 34.5 Å². The van der Waals surface area contributed by atoms with Gasteiger partial charge in [0.05, 0.1) is 17.8 Å². The second-order valence-corrected chi connectivity index (χ2v) is 7.14. The largest absolute Gasteiger partial charge is 0.342 e. The number of hydrogen-bond donors (Lipinski definition) is 2. The van der Waals surface area contributed by atoms with Crippen molar-refractivity contribution < 1.29 is 9.59 Å². The number of benzene rings is 2. The molecule has 1 heterocycles. The highest BCUT2D eigenvalue weighted by Gasteiger charge is 2.17. The maximum absolute atomic E-state index is 12.3. The fraction of sp³-hybridized carbons (Fsp3) is 0.0556. The van der Waals surface area contributed by atoms with E-state index >= 15 is 0 Å². The lowest BCUT2D eigenvalue weighted by atomic mass is 10.2. The Morgan fingerprint density at radius 3 is 2.69 bits per heavy atom. The Morgan fingerprint density at radius 2 is 1.92 bits per heavy atom. The topological polar surface area (TPSA) is 70.6 Å². The molecular formula is C18H13Cl2N3O2S. The van der Waals surface area contributed by atoms with E-state index in [0.29, 0.717) is 14.9 Å². The van der Waals surface area contributed by atoms with Gasteiger partial charge in [-0.2, -0.15) is 5.10 Å². The normalized spacial score (nSPS) is 11.0. The van der Waals surface area contributed by atoms with Gasteiger partial charge >= 0.3 is 0 Å². The number of carbonyl (C=O) groups excluding carboxylic acids is 2. The van der Waals surface area contributed by atoms with Crippen LogP contribution in [-0.4, -0.2) is 24.6 Å². The second kappa shape index (κ2) is 8.31. The van der Waals surface area contributed by atoms with E-state index < -0.39 is 11.8 Å². The zero-order valence-corrected chi connectivity index (χ0v) is 15.7. The summed E-state index contributed by atoms with van der Waals surface area (Å²) in [6.45, 7) is -0.212. The molecule has 3 rings (SSSR count). The van der Waals surface area contributed by atoms with Crippen LogP contribution in [0.4, 0.5) is 0 Å². The highest BCUT2D eigenvalue weighted by atomic mass is 35.5. The Balaban J connectivity index is 1.55. The van der Waals surface area contributed by atoms with E-state index in [1.54, 1.807) is 24.3 Å². The van der Waals surface area contributed by atoms with E-state index in [1.165, 1.54) is 17.6 Å². The van der Waals surface area contributed by atoms with Gasteiger partial charge in [0.2, 0.25) is 0 Å². The van der Waals surface area contributed by atoms with Gasteiger partial charge in [-0.25, -0.2) is 5.43 Å². The molecule has 132 valence electrons. The molecule has 0 bridgehead atoms. The van der Waals surface area contributed by atoms with Crippen molar-refractivity contribution >= 4 is 62.7 Å². The molecule has 2 N–H and O–H groups in total. The Labute approximate surface area is 163 Å². The summed E-state index contributed by atoms with van der Waals surface area (Å²) in [5.74, 6) is -0.848.